The van der Waals surface area contributed by atoms with E-state index in [2.05, 4.69) is 10.1 Å². The second kappa shape index (κ2) is 5.31. The van der Waals surface area contributed by atoms with Crippen molar-refractivity contribution in [3.63, 3.8) is 0 Å². The molecular weight excluding hydrogens is 262 g/mol. The molecule has 0 aliphatic carbocycles. The summed E-state index contributed by atoms with van der Waals surface area (Å²) in [5, 5.41) is 4.66. The van der Waals surface area contributed by atoms with Crippen LogP contribution in [0.4, 0.5) is 0 Å². The first-order valence-electron chi connectivity index (χ1n) is 6.39. The number of benzene rings is 1. The van der Waals surface area contributed by atoms with Crippen molar-refractivity contribution in [1.82, 2.24) is 10.1 Å². The Bertz CT molecular complexity index is 556. The van der Waals surface area contributed by atoms with Crippen molar-refractivity contribution in [3.05, 3.63) is 34.6 Å². The zero-order chi connectivity index (χ0) is 14.0. The summed E-state index contributed by atoms with van der Waals surface area (Å²) in [6, 6.07) is 5.65. The number of hydrogen-bond donors (Lipinski definition) is 1. The van der Waals surface area contributed by atoms with Gasteiger partial charge in [0.2, 0.25) is 0 Å². The molecule has 1 aromatic carbocycles. The van der Waals surface area contributed by atoms with Crippen LogP contribution in [0.15, 0.2) is 22.7 Å². The summed E-state index contributed by atoms with van der Waals surface area (Å²) in [6.45, 7) is 6.00. The number of aromatic nitrogens is 2. The molecule has 4 nitrogen and oxygen atoms in total. The van der Waals surface area contributed by atoms with E-state index in [1.165, 1.54) is 0 Å². The SMILES string of the molecule is CCC(N)(CC)c1noc(-c2cc(C)cc(Cl)c2)n1. The van der Waals surface area contributed by atoms with Crippen LogP contribution in [0.2, 0.25) is 5.02 Å². The minimum atomic E-state index is -0.532. The third-order valence-electron chi connectivity index (χ3n) is 3.42. The van der Waals surface area contributed by atoms with Gasteiger partial charge >= 0.3 is 0 Å². The molecule has 0 spiro atoms. The van der Waals surface area contributed by atoms with Crippen LogP contribution in [0.5, 0.6) is 0 Å². The van der Waals surface area contributed by atoms with Gasteiger partial charge in [-0.15, -0.1) is 0 Å². The fourth-order valence-corrected chi connectivity index (χ4v) is 2.26. The van der Waals surface area contributed by atoms with Crippen molar-refractivity contribution in [1.29, 1.82) is 0 Å². The Hall–Kier alpha value is -1.39. The highest BCUT2D eigenvalue weighted by atomic mass is 35.5. The fraction of sp³-hybridized carbons (Fsp3) is 0.429. The summed E-state index contributed by atoms with van der Waals surface area (Å²) < 4.78 is 5.31. The van der Waals surface area contributed by atoms with Gasteiger partial charge in [0.1, 0.15) is 0 Å². The maximum absolute atomic E-state index is 6.26. The van der Waals surface area contributed by atoms with Crippen molar-refractivity contribution in [2.45, 2.75) is 39.2 Å². The minimum Gasteiger partial charge on any atom is -0.334 e. The normalized spacial score (nSPS) is 11.8. The zero-order valence-electron chi connectivity index (χ0n) is 11.4. The Morgan fingerprint density at radius 1 is 1.26 bits per heavy atom. The molecule has 0 aliphatic rings. The van der Waals surface area contributed by atoms with Crippen LogP contribution >= 0.6 is 11.6 Å². The van der Waals surface area contributed by atoms with Crippen LogP contribution in [-0.4, -0.2) is 10.1 Å². The molecule has 102 valence electrons. The first kappa shape index (κ1) is 14.0. The Morgan fingerprint density at radius 2 is 1.95 bits per heavy atom. The molecule has 2 rings (SSSR count). The number of hydrogen-bond acceptors (Lipinski definition) is 4. The summed E-state index contributed by atoms with van der Waals surface area (Å²) in [5.41, 5.74) is 7.59. The summed E-state index contributed by atoms with van der Waals surface area (Å²) in [7, 11) is 0. The molecule has 2 aromatic rings. The molecule has 0 aliphatic heterocycles. The van der Waals surface area contributed by atoms with Crippen LogP contribution in [0.3, 0.4) is 0 Å². The van der Waals surface area contributed by atoms with E-state index in [1.807, 2.05) is 39.0 Å². The monoisotopic (exact) mass is 279 g/mol. The van der Waals surface area contributed by atoms with Crippen LogP contribution in [0, 0.1) is 6.92 Å². The van der Waals surface area contributed by atoms with E-state index < -0.39 is 5.54 Å². The Kier molecular flexibility index (Phi) is 3.92. The first-order chi connectivity index (χ1) is 8.98. The fourth-order valence-electron chi connectivity index (χ4n) is 1.97. The number of rotatable bonds is 4. The van der Waals surface area contributed by atoms with Gasteiger partial charge < -0.3 is 10.3 Å². The summed E-state index contributed by atoms with van der Waals surface area (Å²) in [4.78, 5) is 4.42. The molecule has 0 unspecified atom stereocenters. The maximum atomic E-state index is 6.26. The third kappa shape index (κ3) is 2.80. The van der Waals surface area contributed by atoms with Crippen LogP contribution < -0.4 is 5.73 Å². The van der Waals surface area contributed by atoms with Gasteiger partial charge in [0, 0.05) is 10.6 Å². The van der Waals surface area contributed by atoms with Crippen LogP contribution in [-0.2, 0) is 5.54 Å². The smallest absolute Gasteiger partial charge is 0.258 e. The lowest BCUT2D eigenvalue weighted by molar-refractivity contribution is 0.350. The average Bonchev–Trinajstić information content (AvgIpc) is 2.87. The predicted octanol–water partition coefficient (Wildman–Crippen LogP) is 3.67. The number of aryl methyl sites for hydroxylation is 1. The Balaban J connectivity index is 2.40. The highest BCUT2D eigenvalue weighted by molar-refractivity contribution is 6.30. The quantitative estimate of drug-likeness (QED) is 0.927. The van der Waals surface area contributed by atoms with Crippen LogP contribution in [0.1, 0.15) is 38.1 Å². The molecule has 1 heterocycles. The Morgan fingerprint density at radius 3 is 2.53 bits per heavy atom. The van der Waals surface area contributed by atoms with Crippen molar-refractivity contribution >= 4 is 11.6 Å². The van der Waals surface area contributed by atoms with Crippen molar-refractivity contribution < 1.29 is 4.52 Å². The van der Waals surface area contributed by atoms with Gasteiger partial charge in [-0.3, -0.25) is 0 Å². The molecular formula is C14H18ClN3O. The molecule has 2 N–H and O–H groups in total. The van der Waals surface area contributed by atoms with E-state index in [-0.39, 0.29) is 0 Å². The zero-order valence-corrected chi connectivity index (χ0v) is 12.2. The Labute approximate surface area is 118 Å². The molecule has 0 bridgehead atoms. The van der Waals surface area contributed by atoms with E-state index in [1.54, 1.807) is 0 Å². The van der Waals surface area contributed by atoms with Gasteiger partial charge in [0.25, 0.3) is 5.89 Å². The van der Waals surface area contributed by atoms with Gasteiger partial charge in [0.15, 0.2) is 5.82 Å². The van der Waals surface area contributed by atoms with E-state index >= 15 is 0 Å². The molecule has 0 saturated carbocycles. The van der Waals surface area contributed by atoms with E-state index in [0.29, 0.717) is 16.7 Å². The highest BCUT2D eigenvalue weighted by Crippen LogP contribution is 2.27. The minimum absolute atomic E-state index is 0.456. The maximum Gasteiger partial charge on any atom is 0.258 e. The van der Waals surface area contributed by atoms with Crippen molar-refractivity contribution in [2.24, 2.45) is 5.73 Å². The highest BCUT2D eigenvalue weighted by Gasteiger charge is 2.29. The summed E-state index contributed by atoms with van der Waals surface area (Å²) >= 11 is 6.04. The summed E-state index contributed by atoms with van der Waals surface area (Å²) in [6.07, 6.45) is 1.52. The summed E-state index contributed by atoms with van der Waals surface area (Å²) in [5.74, 6) is 1.00. The van der Waals surface area contributed by atoms with Crippen LogP contribution in [0.25, 0.3) is 11.5 Å². The average molecular weight is 280 g/mol. The van der Waals surface area contributed by atoms with Gasteiger partial charge in [0.05, 0.1) is 5.54 Å². The topological polar surface area (TPSA) is 64.9 Å². The van der Waals surface area contributed by atoms with Gasteiger partial charge in [-0.25, -0.2) is 0 Å². The van der Waals surface area contributed by atoms with Crippen molar-refractivity contribution in [3.8, 4) is 11.5 Å². The molecule has 0 atom stereocenters. The lowest BCUT2D eigenvalue weighted by Gasteiger charge is -2.21. The number of nitrogens with two attached hydrogens (primary N) is 1. The number of halogens is 1. The lowest BCUT2D eigenvalue weighted by atomic mass is 9.93. The largest absolute Gasteiger partial charge is 0.334 e. The standard InChI is InChI=1S/C14H18ClN3O/c1-4-14(16,5-2)13-17-12(19-18-13)10-6-9(3)7-11(15)8-10/h6-8H,4-5,16H2,1-3H3. The molecule has 0 radical (unpaired) electrons. The second-order valence-electron chi connectivity index (χ2n) is 4.80. The van der Waals surface area contributed by atoms with E-state index in [0.717, 1.165) is 24.0 Å². The predicted molar refractivity (Wildman–Crippen MR) is 75.9 cm³/mol. The number of nitrogens with zero attached hydrogens (tertiary/aromatic N) is 2. The van der Waals surface area contributed by atoms with Gasteiger partial charge in [-0.1, -0.05) is 30.6 Å². The van der Waals surface area contributed by atoms with Crippen molar-refractivity contribution in [2.75, 3.05) is 0 Å². The third-order valence-corrected chi connectivity index (χ3v) is 3.64. The lowest BCUT2D eigenvalue weighted by Crippen LogP contribution is -2.36. The molecule has 1 aromatic heterocycles. The van der Waals surface area contributed by atoms with E-state index in [9.17, 15) is 0 Å². The second-order valence-corrected chi connectivity index (χ2v) is 5.24. The van der Waals surface area contributed by atoms with E-state index in [4.69, 9.17) is 21.9 Å². The first-order valence-corrected chi connectivity index (χ1v) is 6.77. The molecule has 0 amide bonds. The van der Waals surface area contributed by atoms with Gasteiger partial charge in [-0.05, 0) is 43.5 Å². The van der Waals surface area contributed by atoms with Gasteiger partial charge in [-0.2, -0.15) is 4.98 Å². The molecule has 0 saturated heterocycles. The molecule has 5 heteroatoms. The molecule has 19 heavy (non-hydrogen) atoms. The molecule has 0 fully saturated rings.